The maximum Gasteiger partial charge on any atom is 0.338 e. The molecule has 0 saturated carbocycles. The van der Waals surface area contributed by atoms with E-state index >= 15 is 0 Å². The molecule has 0 spiro atoms. The minimum absolute atomic E-state index is 0.289. The third-order valence-corrected chi connectivity index (χ3v) is 2.72. The van der Waals surface area contributed by atoms with Gasteiger partial charge in [-0.25, -0.2) is 4.79 Å². The van der Waals surface area contributed by atoms with E-state index in [1.807, 2.05) is 6.08 Å². The van der Waals surface area contributed by atoms with E-state index < -0.39 is 0 Å². The van der Waals surface area contributed by atoms with Crippen LogP contribution in [0.15, 0.2) is 23.3 Å². The summed E-state index contributed by atoms with van der Waals surface area (Å²) in [6.07, 6.45) is 6.09. The molecule has 86 valence electrons. The number of hydrogen-bond acceptors (Lipinski definition) is 4. The summed E-state index contributed by atoms with van der Waals surface area (Å²) in [4.78, 5) is 22.4. The quantitative estimate of drug-likeness (QED) is 0.664. The van der Waals surface area contributed by atoms with Gasteiger partial charge in [-0.2, -0.15) is 0 Å². The molecule has 1 heterocycles. The van der Waals surface area contributed by atoms with Crippen molar-refractivity contribution in [1.82, 2.24) is 0 Å². The molecule has 1 aliphatic carbocycles. The summed E-state index contributed by atoms with van der Waals surface area (Å²) in [6, 6.07) is 0. The van der Waals surface area contributed by atoms with Gasteiger partial charge in [0, 0.05) is 12.5 Å². The molecule has 0 saturated heterocycles. The van der Waals surface area contributed by atoms with Gasteiger partial charge in [-0.05, 0) is 25.3 Å². The molecule has 1 aliphatic heterocycles. The number of carbonyl (C=O) groups excluding carboxylic acids is 2. The lowest BCUT2D eigenvalue weighted by atomic mass is 9.91. The third kappa shape index (κ3) is 2.15. The second-order valence-electron chi connectivity index (χ2n) is 3.90. The molecule has 0 amide bonds. The SMILES string of the molecule is CC(=O)O[C@H]1CCCC=C1C1=CCOC1=O. The fourth-order valence-electron chi connectivity index (χ4n) is 2.05. The number of carbonyl (C=O) groups is 2. The molecule has 0 N–H and O–H groups in total. The molecule has 16 heavy (non-hydrogen) atoms. The molecule has 1 atom stereocenters. The van der Waals surface area contributed by atoms with E-state index in [9.17, 15) is 9.59 Å². The van der Waals surface area contributed by atoms with Crippen molar-refractivity contribution in [2.24, 2.45) is 0 Å². The van der Waals surface area contributed by atoms with Crippen LogP contribution in [-0.4, -0.2) is 24.6 Å². The molecule has 0 fully saturated rings. The van der Waals surface area contributed by atoms with Crippen molar-refractivity contribution in [2.45, 2.75) is 32.3 Å². The highest BCUT2D eigenvalue weighted by atomic mass is 16.5. The van der Waals surface area contributed by atoms with Gasteiger partial charge in [-0.1, -0.05) is 6.08 Å². The lowest BCUT2D eigenvalue weighted by molar-refractivity contribution is -0.145. The molecule has 0 radical (unpaired) electrons. The Labute approximate surface area is 93.9 Å². The van der Waals surface area contributed by atoms with Gasteiger partial charge in [0.15, 0.2) is 0 Å². The summed E-state index contributed by atoms with van der Waals surface area (Å²) < 4.78 is 10.1. The van der Waals surface area contributed by atoms with Crippen LogP contribution in [0.4, 0.5) is 0 Å². The highest BCUT2D eigenvalue weighted by Crippen LogP contribution is 2.29. The normalized spacial score (nSPS) is 24.6. The Hall–Kier alpha value is -1.58. The Bertz CT molecular complexity index is 378. The Balaban J connectivity index is 2.19. The molecule has 0 bridgehead atoms. The number of cyclic esters (lactones) is 1. The van der Waals surface area contributed by atoms with Gasteiger partial charge in [0.2, 0.25) is 0 Å². The van der Waals surface area contributed by atoms with Gasteiger partial charge in [0.05, 0.1) is 5.57 Å². The lowest BCUT2D eigenvalue weighted by Crippen LogP contribution is -2.24. The van der Waals surface area contributed by atoms with E-state index in [1.165, 1.54) is 6.92 Å². The van der Waals surface area contributed by atoms with Crippen molar-refractivity contribution < 1.29 is 19.1 Å². The second kappa shape index (κ2) is 4.51. The van der Waals surface area contributed by atoms with Crippen LogP contribution in [0.5, 0.6) is 0 Å². The first-order valence-corrected chi connectivity index (χ1v) is 5.43. The second-order valence-corrected chi connectivity index (χ2v) is 3.90. The summed E-state index contributed by atoms with van der Waals surface area (Å²) in [6.45, 7) is 1.70. The van der Waals surface area contributed by atoms with E-state index in [2.05, 4.69) is 0 Å². The molecule has 4 heteroatoms. The molecule has 0 unspecified atom stereocenters. The zero-order valence-electron chi connectivity index (χ0n) is 9.19. The van der Waals surface area contributed by atoms with Crippen LogP contribution in [0.2, 0.25) is 0 Å². The summed E-state index contributed by atoms with van der Waals surface area (Å²) in [5.74, 6) is -0.630. The average Bonchev–Trinajstić information content (AvgIpc) is 2.64. The number of rotatable bonds is 2. The van der Waals surface area contributed by atoms with Crippen LogP contribution in [0.25, 0.3) is 0 Å². The standard InChI is InChI=1S/C12H14O4/c1-8(13)16-11-5-3-2-4-9(11)10-6-7-15-12(10)14/h4,6,11H,2-3,5,7H2,1H3/t11-/m0/s1. The lowest BCUT2D eigenvalue weighted by Gasteiger charge is -2.23. The molecule has 0 aromatic carbocycles. The minimum atomic E-state index is -0.315. The maximum absolute atomic E-state index is 11.4. The van der Waals surface area contributed by atoms with E-state index in [-0.39, 0.29) is 18.0 Å². The van der Waals surface area contributed by atoms with Crippen LogP contribution < -0.4 is 0 Å². The Morgan fingerprint density at radius 1 is 1.50 bits per heavy atom. The molecular weight excluding hydrogens is 208 g/mol. The van der Waals surface area contributed by atoms with Crippen LogP contribution in [-0.2, 0) is 19.1 Å². The van der Waals surface area contributed by atoms with Crippen LogP contribution >= 0.6 is 0 Å². The largest absolute Gasteiger partial charge is 0.458 e. The molecular formula is C12H14O4. The Morgan fingerprint density at radius 3 is 2.94 bits per heavy atom. The fraction of sp³-hybridized carbons (Fsp3) is 0.500. The average molecular weight is 222 g/mol. The van der Waals surface area contributed by atoms with Gasteiger partial charge >= 0.3 is 11.9 Å². The van der Waals surface area contributed by atoms with Gasteiger partial charge < -0.3 is 9.47 Å². The first-order chi connectivity index (χ1) is 7.68. The fourth-order valence-corrected chi connectivity index (χ4v) is 2.05. The highest BCUT2D eigenvalue weighted by Gasteiger charge is 2.29. The summed E-state index contributed by atoms with van der Waals surface area (Å²) in [7, 11) is 0. The number of esters is 2. The van der Waals surface area contributed by atoms with Gasteiger partial charge in [0.25, 0.3) is 0 Å². The summed E-state index contributed by atoms with van der Waals surface area (Å²) in [5, 5.41) is 0. The van der Waals surface area contributed by atoms with Crippen LogP contribution in [0.1, 0.15) is 26.2 Å². The summed E-state index contributed by atoms with van der Waals surface area (Å²) >= 11 is 0. The van der Waals surface area contributed by atoms with Crippen molar-refractivity contribution in [3.05, 3.63) is 23.3 Å². The first-order valence-electron chi connectivity index (χ1n) is 5.43. The number of hydrogen-bond donors (Lipinski definition) is 0. The van der Waals surface area contributed by atoms with Crippen molar-refractivity contribution in [3.8, 4) is 0 Å². The predicted octanol–water partition coefficient (Wildman–Crippen LogP) is 1.51. The highest BCUT2D eigenvalue weighted by molar-refractivity contribution is 5.95. The minimum Gasteiger partial charge on any atom is -0.458 e. The molecule has 0 aromatic rings. The van der Waals surface area contributed by atoms with Crippen molar-refractivity contribution in [1.29, 1.82) is 0 Å². The predicted molar refractivity (Wildman–Crippen MR) is 56.5 cm³/mol. The molecule has 4 nitrogen and oxygen atoms in total. The summed E-state index contributed by atoms with van der Waals surface area (Å²) in [5.41, 5.74) is 1.37. The zero-order valence-corrected chi connectivity index (χ0v) is 9.19. The number of ether oxygens (including phenoxy) is 2. The van der Waals surface area contributed by atoms with E-state index in [0.717, 1.165) is 24.8 Å². The Morgan fingerprint density at radius 2 is 2.31 bits per heavy atom. The molecule has 0 aromatic heterocycles. The molecule has 2 aliphatic rings. The molecule has 2 rings (SSSR count). The maximum atomic E-state index is 11.4. The zero-order chi connectivity index (χ0) is 11.5. The van der Waals surface area contributed by atoms with Crippen molar-refractivity contribution in [2.75, 3.05) is 6.61 Å². The van der Waals surface area contributed by atoms with Gasteiger partial charge in [0.1, 0.15) is 12.7 Å². The van der Waals surface area contributed by atoms with Crippen molar-refractivity contribution in [3.63, 3.8) is 0 Å². The smallest absolute Gasteiger partial charge is 0.338 e. The van der Waals surface area contributed by atoms with E-state index in [1.54, 1.807) is 6.08 Å². The van der Waals surface area contributed by atoms with Gasteiger partial charge in [-0.3, -0.25) is 4.79 Å². The number of allylic oxidation sites excluding steroid dienone is 1. The Kier molecular flexibility index (Phi) is 3.08. The van der Waals surface area contributed by atoms with E-state index in [0.29, 0.717) is 12.2 Å². The topological polar surface area (TPSA) is 52.6 Å². The van der Waals surface area contributed by atoms with Crippen LogP contribution in [0.3, 0.4) is 0 Å². The van der Waals surface area contributed by atoms with Crippen LogP contribution in [0, 0.1) is 0 Å². The monoisotopic (exact) mass is 222 g/mol. The first kappa shape index (κ1) is 10.9. The third-order valence-electron chi connectivity index (χ3n) is 2.72. The van der Waals surface area contributed by atoms with Gasteiger partial charge in [-0.15, -0.1) is 0 Å². The van der Waals surface area contributed by atoms with E-state index in [4.69, 9.17) is 9.47 Å². The van der Waals surface area contributed by atoms with Crippen molar-refractivity contribution >= 4 is 11.9 Å².